The van der Waals surface area contributed by atoms with Crippen LogP contribution in [0.15, 0.2) is 6.33 Å². The van der Waals surface area contributed by atoms with Crippen molar-refractivity contribution in [1.29, 1.82) is 0 Å². The average Bonchev–Trinajstić information content (AvgIpc) is 3.13. The van der Waals surface area contributed by atoms with E-state index in [1.165, 1.54) is 10.9 Å². The summed E-state index contributed by atoms with van der Waals surface area (Å²) in [5, 5.41) is 10.2. The second-order valence-corrected chi connectivity index (χ2v) is 10.5. The van der Waals surface area contributed by atoms with Crippen molar-refractivity contribution in [2.75, 3.05) is 18.1 Å². The van der Waals surface area contributed by atoms with E-state index >= 15 is 0 Å². The van der Waals surface area contributed by atoms with Gasteiger partial charge in [-0.15, -0.1) is 0 Å². The second kappa shape index (κ2) is 8.44. The highest BCUT2D eigenvalue weighted by Crippen LogP contribution is 2.66. The minimum absolute atomic E-state index is 0.0176. The number of hydrogen-bond acceptors (Lipinski definition) is 13. The molecule has 1 saturated heterocycles. The third-order valence-corrected chi connectivity index (χ3v) is 7.60. The van der Waals surface area contributed by atoms with Crippen molar-refractivity contribution in [3.63, 3.8) is 0 Å². The number of hydrogen-bond donors (Lipinski definition) is 7. The summed E-state index contributed by atoms with van der Waals surface area (Å²) < 4.78 is 52.3. The first-order valence-corrected chi connectivity index (χ1v) is 12.6. The number of rotatable bonds is 8. The van der Waals surface area contributed by atoms with Crippen LogP contribution in [0.4, 0.5) is 11.8 Å². The van der Waals surface area contributed by atoms with Crippen molar-refractivity contribution in [3.05, 3.63) is 6.33 Å². The largest absolute Gasteiger partial charge is 0.490 e. The average molecular weight is 506 g/mol. The Hall–Kier alpha value is -1.52. The molecule has 0 bridgehead atoms. The quantitative estimate of drug-likeness (QED) is 0.211. The van der Waals surface area contributed by atoms with Gasteiger partial charge in [0.25, 0.3) is 0 Å². The van der Waals surface area contributed by atoms with Crippen LogP contribution in [0.25, 0.3) is 11.2 Å². The zero-order chi connectivity index (χ0) is 23.2. The first-order valence-electron chi connectivity index (χ1n) is 8.03. The molecule has 3 heterocycles. The highest BCUT2D eigenvalue weighted by Gasteiger charge is 2.43. The van der Waals surface area contributed by atoms with Crippen LogP contribution in [0.3, 0.4) is 0 Å². The number of phosphoric acid groups is 3. The first kappa shape index (κ1) is 24.1. The van der Waals surface area contributed by atoms with E-state index in [1.54, 1.807) is 0 Å². The summed E-state index contributed by atoms with van der Waals surface area (Å²) >= 11 is 0. The van der Waals surface area contributed by atoms with Gasteiger partial charge in [0.15, 0.2) is 11.5 Å². The van der Waals surface area contributed by atoms with E-state index in [1.807, 2.05) is 0 Å². The van der Waals surface area contributed by atoms with Gasteiger partial charge >= 0.3 is 23.5 Å². The van der Waals surface area contributed by atoms with Crippen molar-refractivity contribution in [3.8, 4) is 0 Å². The Morgan fingerprint density at radius 3 is 2.45 bits per heavy atom. The maximum Gasteiger partial charge on any atom is 0.490 e. The Balaban J connectivity index is 1.66. The molecular weight excluding hydrogens is 489 g/mol. The lowest BCUT2D eigenvalue weighted by Gasteiger charge is -2.19. The molecule has 1 fully saturated rings. The minimum atomic E-state index is -5.66. The SMILES string of the molecule is Nc1nc(N)c2ncn([C@H]3CC(O)[C@@H](COP(=O)(O)OP(=O)(O)OP(=O)(O)O)O3)c2n1. The number of ether oxygens (including phenoxy) is 1. The van der Waals surface area contributed by atoms with Gasteiger partial charge in [0.05, 0.1) is 19.0 Å². The molecule has 0 radical (unpaired) electrons. The predicted octanol–water partition coefficient (Wildman–Crippen LogP) is -1.02. The number of phosphoric ester groups is 1. The first-order chi connectivity index (χ1) is 14.2. The summed E-state index contributed by atoms with van der Waals surface area (Å²) in [5.74, 6) is -0.112. The van der Waals surface area contributed by atoms with E-state index in [4.69, 9.17) is 30.9 Å². The Morgan fingerprint density at radius 2 is 1.81 bits per heavy atom. The summed E-state index contributed by atoms with van der Waals surface area (Å²) in [6.45, 7) is -0.812. The van der Waals surface area contributed by atoms with Gasteiger partial charge in [-0.1, -0.05) is 0 Å². The molecule has 3 rings (SSSR count). The van der Waals surface area contributed by atoms with E-state index in [0.717, 1.165) is 0 Å². The number of nitrogen functional groups attached to an aromatic ring is 2. The van der Waals surface area contributed by atoms with Crippen LogP contribution in [0.5, 0.6) is 0 Å². The highest BCUT2D eigenvalue weighted by molar-refractivity contribution is 7.66. The third kappa shape index (κ3) is 6.04. The Labute approximate surface area is 172 Å². The number of fused-ring (bicyclic) bond motifs is 1. The fourth-order valence-electron chi connectivity index (χ4n) is 2.67. The summed E-state index contributed by atoms with van der Waals surface area (Å²) in [6.07, 6.45) is -2.06. The van der Waals surface area contributed by atoms with Crippen molar-refractivity contribution >= 4 is 46.4 Å². The van der Waals surface area contributed by atoms with Crippen molar-refractivity contribution in [2.24, 2.45) is 0 Å². The molecular formula is C10H17N6O12P3. The molecule has 9 N–H and O–H groups in total. The zero-order valence-electron chi connectivity index (χ0n) is 15.1. The second-order valence-electron chi connectivity index (χ2n) is 6.11. The molecule has 18 nitrogen and oxygen atoms in total. The maximum absolute atomic E-state index is 11.8. The van der Waals surface area contributed by atoms with E-state index in [-0.39, 0.29) is 29.4 Å². The van der Waals surface area contributed by atoms with Gasteiger partial charge in [0.2, 0.25) is 5.95 Å². The predicted molar refractivity (Wildman–Crippen MR) is 98.5 cm³/mol. The fourth-order valence-corrected chi connectivity index (χ4v) is 5.70. The standard InChI is InChI=1S/C10H17N6O12P3/c11-8-7-9(15-10(12)14-8)16(3-13-7)6-1-4(17)5(26-6)2-25-30(21,22)28-31(23,24)27-29(18,19)20/h3-6,17H,1-2H2,(H,21,22)(H,23,24)(H2,18,19,20)(H4,11,12,14,15)/t4?,5-,6-/m1/s1. The molecule has 1 aliphatic rings. The molecule has 5 atom stereocenters. The van der Waals surface area contributed by atoms with E-state index in [0.29, 0.717) is 0 Å². The Morgan fingerprint density at radius 1 is 1.13 bits per heavy atom. The minimum Gasteiger partial charge on any atom is -0.390 e. The Kier molecular flexibility index (Phi) is 6.57. The molecule has 3 unspecified atom stereocenters. The number of anilines is 2. The van der Waals surface area contributed by atoms with Crippen LogP contribution in [0, 0.1) is 0 Å². The molecule has 0 spiro atoms. The molecule has 2 aromatic heterocycles. The smallest absolute Gasteiger partial charge is 0.390 e. The van der Waals surface area contributed by atoms with E-state index in [2.05, 4.69) is 28.1 Å². The number of nitrogens with two attached hydrogens (primary N) is 2. The van der Waals surface area contributed by atoms with Crippen molar-refractivity contribution < 1.29 is 56.3 Å². The molecule has 21 heteroatoms. The van der Waals surface area contributed by atoms with Gasteiger partial charge in [-0.3, -0.25) is 9.09 Å². The van der Waals surface area contributed by atoms with Crippen LogP contribution in [0.1, 0.15) is 12.6 Å². The van der Waals surface area contributed by atoms with Gasteiger partial charge in [0, 0.05) is 6.42 Å². The lowest BCUT2D eigenvalue weighted by molar-refractivity contribution is -0.0423. The van der Waals surface area contributed by atoms with E-state index < -0.39 is 48.5 Å². The van der Waals surface area contributed by atoms with Gasteiger partial charge < -0.3 is 40.9 Å². The zero-order valence-corrected chi connectivity index (χ0v) is 17.8. The van der Waals surface area contributed by atoms with Crippen molar-refractivity contribution in [1.82, 2.24) is 19.5 Å². The normalized spacial score (nSPS) is 26.0. The molecule has 1 aliphatic heterocycles. The number of aliphatic hydroxyl groups excluding tert-OH is 1. The van der Waals surface area contributed by atoms with Gasteiger partial charge in [0.1, 0.15) is 17.8 Å². The molecule has 31 heavy (non-hydrogen) atoms. The number of aliphatic hydroxyl groups is 1. The van der Waals surface area contributed by atoms with Crippen LogP contribution in [0.2, 0.25) is 0 Å². The van der Waals surface area contributed by atoms with Crippen molar-refractivity contribution in [2.45, 2.75) is 24.9 Å². The maximum atomic E-state index is 11.8. The molecule has 174 valence electrons. The third-order valence-electron chi connectivity index (χ3n) is 3.80. The summed E-state index contributed by atoms with van der Waals surface area (Å²) in [6, 6.07) is 0. The van der Waals surface area contributed by atoms with Crippen LogP contribution >= 0.6 is 23.5 Å². The lowest BCUT2D eigenvalue weighted by Crippen LogP contribution is -2.26. The highest BCUT2D eigenvalue weighted by atomic mass is 31.3. The molecule has 0 aliphatic carbocycles. The lowest BCUT2D eigenvalue weighted by atomic mass is 10.2. The van der Waals surface area contributed by atoms with Gasteiger partial charge in [-0.05, 0) is 0 Å². The monoisotopic (exact) mass is 506 g/mol. The molecule has 2 aromatic rings. The number of aromatic nitrogens is 4. The van der Waals surface area contributed by atoms with Crippen LogP contribution < -0.4 is 11.5 Å². The summed E-state index contributed by atoms with van der Waals surface area (Å²) in [5.41, 5.74) is 11.7. The van der Waals surface area contributed by atoms with Crippen LogP contribution in [-0.2, 0) is 31.6 Å². The van der Waals surface area contributed by atoms with Gasteiger partial charge in [-0.2, -0.15) is 18.6 Å². The van der Waals surface area contributed by atoms with E-state index in [9.17, 15) is 23.7 Å². The summed E-state index contributed by atoms with van der Waals surface area (Å²) in [7, 11) is -16.5. The van der Waals surface area contributed by atoms with Gasteiger partial charge in [-0.25, -0.2) is 18.7 Å². The number of imidazole rings is 1. The summed E-state index contributed by atoms with van der Waals surface area (Å²) in [4.78, 5) is 47.4. The topological polar surface area (TPSA) is 285 Å². The fraction of sp³-hybridized carbons (Fsp3) is 0.500. The Bertz CT molecular complexity index is 1120. The van der Waals surface area contributed by atoms with Crippen LogP contribution in [-0.4, -0.2) is 63.0 Å². The molecule has 0 aromatic carbocycles. The molecule has 0 amide bonds. The number of nitrogens with zero attached hydrogens (tertiary/aromatic N) is 4. The molecule has 0 saturated carbocycles.